The van der Waals surface area contributed by atoms with E-state index in [-0.39, 0.29) is 5.28 Å². The third kappa shape index (κ3) is 1.30. The van der Waals surface area contributed by atoms with Crippen LogP contribution in [-0.4, -0.2) is 20.2 Å². The van der Waals surface area contributed by atoms with Crippen molar-refractivity contribution >= 4 is 33.5 Å². The number of benzene rings is 1. The molecule has 0 spiro atoms. The molecular formula is C10H5ClN4. The topological polar surface area (TPSA) is 51.6 Å². The van der Waals surface area contributed by atoms with Gasteiger partial charge < -0.3 is 0 Å². The smallest absolute Gasteiger partial charge is 0.243 e. The van der Waals surface area contributed by atoms with Gasteiger partial charge in [0.15, 0.2) is 0 Å². The van der Waals surface area contributed by atoms with Gasteiger partial charge in [-0.2, -0.15) is 0 Å². The van der Waals surface area contributed by atoms with E-state index in [2.05, 4.69) is 20.2 Å². The number of hydrogen-bond acceptors (Lipinski definition) is 4. The molecular weight excluding hydrogens is 212 g/mol. The molecule has 0 fully saturated rings. The Labute approximate surface area is 89.9 Å². The van der Waals surface area contributed by atoms with Crippen LogP contribution < -0.4 is 0 Å². The van der Waals surface area contributed by atoms with Crippen LogP contribution in [0.3, 0.4) is 0 Å². The zero-order chi connectivity index (χ0) is 10.3. The van der Waals surface area contributed by atoms with E-state index in [1.165, 1.54) is 0 Å². The van der Waals surface area contributed by atoms with Gasteiger partial charge in [0, 0.05) is 5.39 Å². The highest BCUT2D eigenvalue weighted by Gasteiger charge is 2.04. The summed E-state index contributed by atoms with van der Waals surface area (Å²) in [5.41, 5.74) is 2.27. The lowest BCUT2D eigenvalue weighted by Crippen LogP contribution is -1.91. The molecule has 0 aliphatic carbocycles. The number of rotatable bonds is 0. The molecule has 0 N–H and O–H groups in total. The Kier molecular flexibility index (Phi) is 1.76. The molecule has 0 aliphatic rings. The molecule has 3 rings (SSSR count). The number of hydrogen-bond donors (Lipinski definition) is 0. The van der Waals surface area contributed by atoms with Crippen molar-refractivity contribution in [2.24, 2.45) is 0 Å². The Bertz CT molecular complexity index is 653. The summed E-state index contributed by atoms with van der Waals surface area (Å²) in [4.78, 5) is 8.32. The molecule has 15 heavy (non-hydrogen) atoms. The Hall–Kier alpha value is -1.81. The number of fused-ring (bicyclic) bond motifs is 3. The Morgan fingerprint density at radius 1 is 1.00 bits per heavy atom. The van der Waals surface area contributed by atoms with E-state index in [0.717, 1.165) is 16.4 Å². The summed E-state index contributed by atoms with van der Waals surface area (Å²) >= 11 is 5.66. The minimum Gasteiger partial charge on any atom is -0.254 e. The van der Waals surface area contributed by atoms with Crippen LogP contribution in [0.4, 0.5) is 0 Å². The summed E-state index contributed by atoms with van der Waals surface area (Å²) in [7, 11) is 0. The van der Waals surface area contributed by atoms with Crippen LogP contribution in [0.15, 0.2) is 30.5 Å². The second kappa shape index (κ2) is 3.10. The van der Waals surface area contributed by atoms with Crippen LogP contribution >= 0.6 is 11.6 Å². The highest BCUT2D eigenvalue weighted by Crippen LogP contribution is 2.19. The van der Waals surface area contributed by atoms with Gasteiger partial charge in [-0.25, -0.2) is 4.98 Å². The van der Waals surface area contributed by atoms with Crippen molar-refractivity contribution in [2.75, 3.05) is 0 Å². The van der Waals surface area contributed by atoms with Crippen molar-refractivity contribution in [1.29, 1.82) is 0 Å². The van der Waals surface area contributed by atoms with E-state index < -0.39 is 0 Å². The number of halogens is 1. The molecule has 0 saturated heterocycles. The van der Waals surface area contributed by atoms with Gasteiger partial charge in [-0.05, 0) is 17.7 Å². The number of para-hydroxylation sites is 1. The van der Waals surface area contributed by atoms with Gasteiger partial charge in [-0.3, -0.25) is 4.98 Å². The van der Waals surface area contributed by atoms with Gasteiger partial charge in [-0.1, -0.05) is 18.2 Å². The normalized spacial score (nSPS) is 11.0. The Morgan fingerprint density at radius 2 is 1.87 bits per heavy atom. The Morgan fingerprint density at radius 3 is 2.80 bits per heavy atom. The monoisotopic (exact) mass is 216 g/mol. The van der Waals surface area contributed by atoms with Crippen LogP contribution in [0.2, 0.25) is 5.28 Å². The van der Waals surface area contributed by atoms with Gasteiger partial charge in [0.2, 0.25) is 5.28 Å². The first kappa shape index (κ1) is 8.49. The van der Waals surface area contributed by atoms with Crippen molar-refractivity contribution < 1.29 is 0 Å². The molecule has 5 heteroatoms. The molecule has 2 heterocycles. The van der Waals surface area contributed by atoms with Crippen LogP contribution in [0, 0.1) is 0 Å². The largest absolute Gasteiger partial charge is 0.254 e. The Balaban J connectivity index is 2.55. The van der Waals surface area contributed by atoms with Crippen molar-refractivity contribution in [3.8, 4) is 0 Å². The summed E-state index contributed by atoms with van der Waals surface area (Å²) in [6, 6.07) is 7.72. The molecule has 0 amide bonds. The van der Waals surface area contributed by atoms with Crippen molar-refractivity contribution in [3.63, 3.8) is 0 Å². The van der Waals surface area contributed by atoms with Crippen LogP contribution in [0.25, 0.3) is 21.9 Å². The molecule has 0 aliphatic heterocycles. The fraction of sp³-hybridized carbons (Fsp3) is 0. The number of aromatic nitrogens is 4. The highest BCUT2D eigenvalue weighted by atomic mass is 35.5. The quantitative estimate of drug-likeness (QED) is 0.541. The lowest BCUT2D eigenvalue weighted by Gasteiger charge is -1.99. The SMILES string of the molecule is Clc1nnc2c(cnc3ccccc32)n1. The zero-order valence-corrected chi connectivity index (χ0v) is 8.31. The molecule has 0 radical (unpaired) electrons. The summed E-state index contributed by atoms with van der Waals surface area (Å²) in [5, 5.41) is 8.83. The molecule has 72 valence electrons. The first-order valence-electron chi connectivity index (χ1n) is 4.38. The fourth-order valence-corrected chi connectivity index (χ4v) is 1.65. The summed E-state index contributed by atoms with van der Waals surface area (Å²) in [6.07, 6.45) is 1.65. The maximum absolute atomic E-state index is 5.66. The molecule has 0 saturated carbocycles. The van der Waals surface area contributed by atoms with Crippen LogP contribution in [0.1, 0.15) is 0 Å². The van der Waals surface area contributed by atoms with Crippen LogP contribution in [-0.2, 0) is 0 Å². The van der Waals surface area contributed by atoms with E-state index in [4.69, 9.17) is 11.6 Å². The third-order valence-electron chi connectivity index (χ3n) is 2.17. The van der Waals surface area contributed by atoms with E-state index in [9.17, 15) is 0 Å². The lowest BCUT2D eigenvalue weighted by molar-refractivity contribution is 1.02. The summed E-state index contributed by atoms with van der Waals surface area (Å²) in [6.45, 7) is 0. The molecule has 4 nitrogen and oxygen atoms in total. The van der Waals surface area contributed by atoms with E-state index in [1.54, 1.807) is 6.20 Å². The minimum absolute atomic E-state index is 0.139. The average Bonchev–Trinajstić information content (AvgIpc) is 2.28. The lowest BCUT2D eigenvalue weighted by atomic mass is 10.2. The average molecular weight is 217 g/mol. The highest BCUT2D eigenvalue weighted by molar-refractivity contribution is 6.28. The molecule has 0 bridgehead atoms. The predicted octanol–water partition coefficient (Wildman–Crippen LogP) is 2.23. The fourth-order valence-electron chi connectivity index (χ4n) is 1.52. The van der Waals surface area contributed by atoms with Crippen LogP contribution in [0.5, 0.6) is 0 Å². The first-order valence-corrected chi connectivity index (χ1v) is 4.76. The minimum atomic E-state index is 0.139. The van der Waals surface area contributed by atoms with Gasteiger partial charge in [0.1, 0.15) is 11.0 Å². The second-order valence-corrected chi connectivity index (χ2v) is 3.43. The van der Waals surface area contributed by atoms with Gasteiger partial charge in [0.05, 0.1) is 11.7 Å². The maximum atomic E-state index is 5.66. The first-order chi connectivity index (χ1) is 7.34. The number of pyridine rings is 1. The van der Waals surface area contributed by atoms with Gasteiger partial charge in [-0.15, -0.1) is 10.2 Å². The van der Waals surface area contributed by atoms with E-state index >= 15 is 0 Å². The van der Waals surface area contributed by atoms with Crippen molar-refractivity contribution in [3.05, 3.63) is 35.7 Å². The maximum Gasteiger partial charge on any atom is 0.243 e. The zero-order valence-electron chi connectivity index (χ0n) is 7.55. The van der Waals surface area contributed by atoms with Crippen molar-refractivity contribution in [1.82, 2.24) is 20.2 Å². The second-order valence-electron chi connectivity index (χ2n) is 3.09. The molecule has 0 atom stereocenters. The third-order valence-corrected chi connectivity index (χ3v) is 2.33. The van der Waals surface area contributed by atoms with Crippen molar-refractivity contribution in [2.45, 2.75) is 0 Å². The molecule has 2 aromatic heterocycles. The summed E-state index contributed by atoms with van der Waals surface area (Å²) in [5.74, 6) is 0. The molecule has 1 aromatic carbocycles. The molecule has 3 aromatic rings. The predicted molar refractivity (Wildman–Crippen MR) is 57.6 cm³/mol. The van der Waals surface area contributed by atoms with E-state index in [1.807, 2.05) is 24.3 Å². The molecule has 0 unspecified atom stereocenters. The van der Waals surface area contributed by atoms with Gasteiger partial charge in [0.25, 0.3) is 0 Å². The van der Waals surface area contributed by atoms with E-state index in [0.29, 0.717) is 5.52 Å². The van der Waals surface area contributed by atoms with Gasteiger partial charge >= 0.3 is 0 Å². The standard InChI is InChI=1S/C10H5ClN4/c11-10-13-8-5-12-7-4-2-1-3-6(7)9(8)14-15-10/h1-5H. The summed E-state index contributed by atoms with van der Waals surface area (Å²) < 4.78 is 0. The number of nitrogens with zero attached hydrogens (tertiary/aromatic N) is 4.